The van der Waals surface area contributed by atoms with Crippen molar-refractivity contribution in [1.82, 2.24) is 0 Å². The summed E-state index contributed by atoms with van der Waals surface area (Å²) >= 11 is 0. The first-order valence-corrected chi connectivity index (χ1v) is 9.79. The van der Waals surface area contributed by atoms with Crippen LogP contribution in [0, 0.1) is 5.92 Å². The van der Waals surface area contributed by atoms with E-state index in [0.29, 0.717) is 12.2 Å². The van der Waals surface area contributed by atoms with E-state index in [-0.39, 0.29) is 0 Å². The van der Waals surface area contributed by atoms with Gasteiger partial charge in [0.15, 0.2) is 0 Å². The molecule has 19 heavy (non-hydrogen) atoms. The second-order valence-corrected chi connectivity index (χ2v) is 9.33. The van der Waals surface area contributed by atoms with Crippen molar-refractivity contribution in [2.45, 2.75) is 56.9 Å². The fourth-order valence-corrected chi connectivity index (χ4v) is 5.70. The molecule has 0 aromatic carbocycles. The SMILES string of the molecule is CCOCC[Si](CCC1CCC2OC2C1)(OC)OC. The van der Waals surface area contributed by atoms with Crippen molar-refractivity contribution < 1.29 is 18.3 Å². The Labute approximate surface area is 118 Å². The molecule has 1 saturated heterocycles. The first kappa shape index (κ1) is 15.4. The van der Waals surface area contributed by atoms with Gasteiger partial charge in [0.2, 0.25) is 0 Å². The summed E-state index contributed by atoms with van der Waals surface area (Å²) in [6, 6.07) is 2.01. The van der Waals surface area contributed by atoms with Crippen LogP contribution in [0.2, 0.25) is 12.1 Å². The quantitative estimate of drug-likeness (QED) is 0.371. The third-order valence-corrected chi connectivity index (χ3v) is 8.13. The Kier molecular flexibility index (Phi) is 5.83. The minimum absolute atomic E-state index is 0.573. The zero-order chi connectivity index (χ0) is 13.7. The molecular weight excluding hydrogens is 260 g/mol. The number of hydrogen-bond donors (Lipinski definition) is 0. The van der Waals surface area contributed by atoms with Gasteiger partial charge in [0, 0.05) is 33.5 Å². The van der Waals surface area contributed by atoms with Crippen LogP contribution < -0.4 is 0 Å². The fraction of sp³-hybridized carbons (Fsp3) is 1.00. The van der Waals surface area contributed by atoms with E-state index in [9.17, 15) is 0 Å². The van der Waals surface area contributed by atoms with E-state index in [1.807, 2.05) is 6.92 Å². The third-order valence-electron chi connectivity index (χ3n) is 4.62. The molecule has 0 aromatic heterocycles. The van der Waals surface area contributed by atoms with Crippen LogP contribution in [0.5, 0.6) is 0 Å². The zero-order valence-electron chi connectivity index (χ0n) is 12.5. The number of fused-ring (bicyclic) bond motifs is 1. The van der Waals surface area contributed by atoms with Crippen LogP contribution in [0.4, 0.5) is 0 Å². The molecule has 2 fully saturated rings. The van der Waals surface area contributed by atoms with Crippen LogP contribution in [-0.2, 0) is 18.3 Å². The molecule has 2 aliphatic rings. The van der Waals surface area contributed by atoms with Gasteiger partial charge in [-0.3, -0.25) is 0 Å². The van der Waals surface area contributed by atoms with E-state index in [4.69, 9.17) is 18.3 Å². The maximum atomic E-state index is 5.77. The highest BCUT2D eigenvalue weighted by atomic mass is 28.4. The average Bonchev–Trinajstić information content (AvgIpc) is 3.21. The van der Waals surface area contributed by atoms with E-state index in [0.717, 1.165) is 31.2 Å². The van der Waals surface area contributed by atoms with E-state index < -0.39 is 8.56 Å². The maximum absolute atomic E-state index is 5.77. The minimum atomic E-state index is -2.04. The Morgan fingerprint density at radius 1 is 1.11 bits per heavy atom. The van der Waals surface area contributed by atoms with Gasteiger partial charge >= 0.3 is 8.56 Å². The van der Waals surface area contributed by atoms with Crippen LogP contribution in [0.25, 0.3) is 0 Å². The van der Waals surface area contributed by atoms with Gasteiger partial charge in [-0.05, 0) is 44.6 Å². The summed E-state index contributed by atoms with van der Waals surface area (Å²) in [6.07, 6.45) is 6.19. The van der Waals surface area contributed by atoms with Crippen LogP contribution in [0.3, 0.4) is 0 Å². The molecule has 4 nitrogen and oxygen atoms in total. The topological polar surface area (TPSA) is 40.2 Å². The predicted octanol–water partition coefficient (Wildman–Crippen LogP) is 2.72. The minimum Gasteiger partial charge on any atom is -0.398 e. The number of ether oxygens (including phenoxy) is 2. The molecular formula is C14H28O4Si. The van der Waals surface area contributed by atoms with Crippen molar-refractivity contribution in [3.8, 4) is 0 Å². The lowest BCUT2D eigenvalue weighted by molar-refractivity contribution is 0.146. The zero-order valence-corrected chi connectivity index (χ0v) is 13.5. The maximum Gasteiger partial charge on any atom is 0.339 e. The molecule has 0 N–H and O–H groups in total. The van der Waals surface area contributed by atoms with Gasteiger partial charge in [-0.1, -0.05) is 0 Å². The lowest BCUT2D eigenvalue weighted by atomic mass is 9.88. The molecule has 3 unspecified atom stereocenters. The summed E-state index contributed by atoms with van der Waals surface area (Å²) in [7, 11) is 1.55. The van der Waals surface area contributed by atoms with Gasteiger partial charge in [-0.15, -0.1) is 0 Å². The summed E-state index contributed by atoms with van der Waals surface area (Å²) in [5.74, 6) is 0.799. The molecule has 0 amide bonds. The van der Waals surface area contributed by atoms with Crippen LogP contribution in [-0.4, -0.2) is 48.2 Å². The van der Waals surface area contributed by atoms with Gasteiger partial charge in [0.25, 0.3) is 0 Å². The molecule has 0 bridgehead atoms. The lowest BCUT2D eigenvalue weighted by Gasteiger charge is -2.29. The molecule has 1 heterocycles. The Balaban J connectivity index is 1.74. The second-order valence-electron chi connectivity index (χ2n) is 5.70. The normalized spacial score (nSPS) is 30.2. The first-order chi connectivity index (χ1) is 9.23. The summed E-state index contributed by atoms with van der Waals surface area (Å²) in [6.45, 7) is 3.54. The lowest BCUT2D eigenvalue weighted by Crippen LogP contribution is -2.41. The molecule has 0 aromatic rings. The van der Waals surface area contributed by atoms with E-state index >= 15 is 0 Å². The molecule has 2 rings (SSSR count). The third kappa shape index (κ3) is 4.26. The van der Waals surface area contributed by atoms with Crippen molar-refractivity contribution >= 4 is 8.56 Å². The Bertz CT molecular complexity index is 270. The van der Waals surface area contributed by atoms with Gasteiger partial charge < -0.3 is 18.3 Å². The Morgan fingerprint density at radius 2 is 1.89 bits per heavy atom. The summed E-state index contributed by atoms with van der Waals surface area (Å²) in [5, 5.41) is 0. The number of rotatable bonds is 9. The predicted molar refractivity (Wildman–Crippen MR) is 76.5 cm³/mol. The Hall–Kier alpha value is 0.0569. The second kappa shape index (κ2) is 7.18. The average molecular weight is 288 g/mol. The molecule has 0 radical (unpaired) electrons. The fourth-order valence-electron chi connectivity index (χ4n) is 3.16. The number of hydrogen-bond acceptors (Lipinski definition) is 4. The summed E-state index contributed by atoms with van der Waals surface area (Å²) in [4.78, 5) is 0. The number of epoxide rings is 1. The highest BCUT2D eigenvalue weighted by Crippen LogP contribution is 2.41. The molecule has 0 spiro atoms. The summed E-state index contributed by atoms with van der Waals surface area (Å²) in [5.41, 5.74) is 0. The molecule has 1 aliphatic carbocycles. The Morgan fingerprint density at radius 3 is 2.53 bits per heavy atom. The standard InChI is InChI=1S/C14H28O4Si/c1-4-17-8-10-19(15-2,16-3)9-7-12-5-6-13-14(11-12)18-13/h12-14H,4-11H2,1-3H3. The van der Waals surface area contributed by atoms with Crippen molar-refractivity contribution in [2.75, 3.05) is 27.4 Å². The van der Waals surface area contributed by atoms with Gasteiger partial charge in [-0.25, -0.2) is 0 Å². The monoisotopic (exact) mass is 288 g/mol. The molecule has 1 aliphatic heterocycles. The molecule has 3 atom stereocenters. The van der Waals surface area contributed by atoms with Crippen molar-refractivity contribution in [3.05, 3.63) is 0 Å². The van der Waals surface area contributed by atoms with Crippen LogP contribution >= 0.6 is 0 Å². The van der Waals surface area contributed by atoms with Crippen LogP contribution in [0.1, 0.15) is 32.6 Å². The summed E-state index contributed by atoms with van der Waals surface area (Å²) < 4.78 is 22.6. The van der Waals surface area contributed by atoms with Crippen molar-refractivity contribution in [1.29, 1.82) is 0 Å². The van der Waals surface area contributed by atoms with Crippen molar-refractivity contribution in [2.24, 2.45) is 5.92 Å². The highest BCUT2D eigenvalue weighted by molar-refractivity contribution is 6.67. The van der Waals surface area contributed by atoms with E-state index in [2.05, 4.69) is 0 Å². The van der Waals surface area contributed by atoms with Gasteiger partial charge in [0.05, 0.1) is 12.2 Å². The van der Waals surface area contributed by atoms with E-state index in [1.165, 1.54) is 25.7 Å². The van der Waals surface area contributed by atoms with Crippen molar-refractivity contribution in [3.63, 3.8) is 0 Å². The smallest absolute Gasteiger partial charge is 0.339 e. The van der Waals surface area contributed by atoms with Crippen LogP contribution in [0.15, 0.2) is 0 Å². The largest absolute Gasteiger partial charge is 0.398 e. The molecule has 112 valence electrons. The highest BCUT2D eigenvalue weighted by Gasteiger charge is 2.44. The van der Waals surface area contributed by atoms with Gasteiger partial charge in [-0.2, -0.15) is 0 Å². The molecule has 1 saturated carbocycles. The van der Waals surface area contributed by atoms with E-state index in [1.54, 1.807) is 14.2 Å². The molecule has 5 heteroatoms. The van der Waals surface area contributed by atoms with Gasteiger partial charge in [0.1, 0.15) is 0 Å². The first-order valence-electron chi connectivity index (χ1n) is 7.56.